The molecule has 0 aromatic rings. The summed E-state index contributed by atoms with van der Waals surface area (Å²) in [5, 5.41) is 9.35. The van der Waals surface area contributed by atoms with Crippen molar-refractivity contribution < 1.29 is 13.5 Å². The summed E-state index contributed by atoms with van der Waals surface area (Å²) in [7, 11) is -3.10. The highest BCUT2D eigenvalue weighted by Gasteiger charge is 2.37. The van der Waals surface area contributed by atoms with Crippen LogP contribution in [-0.2, 0) is 10.0 Å². The minimum absolute atomic E-state index is 0.0719. The molecule has 2 rings (SSSR count). The molecule has 0 bridgehead atoms. The van der Waals surface area contributed by atoms with Crippen LogP contribution in [0.2, 0.25) is 0 Å². The fourth-order valence-corrected chi connectivity index (χ4v) is 4.75. The lowest BCUT2D eigenvalue weighted by Crippen LogP contribution is -2.48. The molecule has 2 aliphatic rings. The van der Waals surface area contributed by atoms with E-state index >= 15 is 0 Å². The van der Waals surface area contributed by atoms with E-state index in [1.165, 1.54) is 6.42 Å². The number of rotatable bonds is 4. The van der Waals surface area contributed by atoms with E-state index in [9.17, 15) is 13.5 Å². The van der Waals surface area contributed by atoms with Gasteiger partial charge in [0.1, 0.15) is 0 Å². The van der Waals surface area contributed by atoms with Crippen LogP contribution in [0.1, 0.15) is 39.0 Å². The van der Waals surface area contributed by atoms with Crippen LogP contribution in [-0.4, -0.2) is 43.3 Å². The molecule has 5 heteroatoms. The lowest BCUT2D eigenvalue weighted by atomic mass is 9.84. The van der Waals surface area contributed by atoms with E-state index in [1.807, 2.05) is 6.92 Å². The van der Waals surface area contributed by atoms with Gasteiger partial charge in [-0.25, -0.2) is 12.7 Å². The average molecular weight is 261 g/mol. The van der Waals surface area contributed by atoms with Crippen LogP contribution < -0.4 is 0 Å². The van der Waals surface area contributed by atoms with Crippen LogP contribution in [0.5, 0.6) is 0 Å². The third-order valence-corrected chi connectivity index (χ3v) is 6.18. The molecule has 1 aliphatic carbocycles. The van der Waals surface area contributed by atoms with E-state index in [0.29, 0.717) is 24.8 Å². The van der Waals surface area contributed by atoms with E-state index in [0.717, 1.165) is 25.7 Å². The maximum absolute atomic E-state index is 12.2. The van der Waals surface area contributed by atoms with Crippen molar-refractivity contribution in [2.24, 2.45) is 11.3 Å². The van der Waals surface area contributed by atoms with Crippen molar-refractivity contribution in [2.45, 2.75) is 39.0 Å². The molecule has 0 aromatic carbocycles. The van der Waals surface area contributed by atoms with Crippen LogP contribution in [0.4, 0.5) is 0 Å². The summed E-state index contributed by atoms with van der Waals surface area (Å²) in [5.41, 5.74) is -0.245. The number of aliphatic hydroxyl groups excluding tert-OH is 1. The molecule has 100 valence electrons. The summed E-state index contributed by atoms with van der Waals surface area (Å²) < 4.78 is 26.1. The van der Waals surface area contributed by atoms with Crippen molar-refractivity contribution in [3.8, 4) is 0 Å². The number of aliphatic hydroxyl groups is 1. The largest absolute Gasteiger partial charge is 0.396 e. The van der Waals surface area contributed by atoms with Crippen LogP contribution in [0.3, 0.4) is 0 Å². The quantitative estimate of drug-likeness (QED) is 0.827. The SMILES string of the molecule is CC1(CO)CCCN(S(=O)(=O)CC2CCC2)C1. The predicted molar refractivity (Wildman–Crippen MR) is 67.1 cm³/mol. The van der Waals surface area contributed by atoms with Crippen LogP contribution in [0.25, 0.3) is 0 Å². The van der Waals surface area contributed by atoms with Gasteiger partial charge < -0.3 is 5.11 Å². The molecule has 0 amide bonds. The number of hydrogen-bond donors (Lipinski definition) is 1. The first-order chi connectivity index (χ1) is 7.95. The number of nitrogens with zero attached hydrogens (tertiary/aromatic N) is 1. The van der Waals surface area contributed by atoms with Crippen molar-refractivity contribution in [1.29, 1.82) is 0 Å². The van der Waals surface area contributed by atoms with Crippen molar-refractivity contribution in [3.05, 3.63) is 0 Å². The standard InChI is InChI=1S/C12H23NO3S/c1-12(10-14)6-3-7-13(9-12)17(15,16)8-11-4-2-5-11/h11,14H,2-10H2,1H3. The molecule has 1 aliphatic heterocycles. The first kappa shape index (κ1) is 13.3. The zero-order chi connectivity index (χ0) is 12.5. The molecule has 17 heavy (non-hydrogen) atoms. The third-order valence-electron chi connectivity index (χ3n) is 4.19. The molecule has 1 saturated carbocycles. The Bertz CT molecular complexity index is 364. The van der Waals surface area contributed by atoms with E-state index in [-0.39, 0.29) is 12.0 Å². The lowest BCUT2D eigenvalue weighted by molar-refractivity contribution is 0.0807. The molecular formula is C12H23NO3S. The molecule has 1 unspecified atom stereocenters. The monoisotopic (exact) mass is 261 g/mol. The Balaban J connectivity index is 2.00. The van der Waals surface area contributed by atoms with Crippen LogP contribution in [0, 0.1) is 11.3 Å². The molecule has 1 N–H and O–H groups in total. The maximum Gasteiger partial charge on any atom is 0.214 e. The van der Waals surface area contributed by atoms with Crippen molar-refractivity contribution in [1.82, 2.24) is 4.31 Å². The molecule has 1 heterocycles. The Labute approximate surface area is 104 Å². The second-order valence-electron chi connectivity index (χ2n) is 5.98. The number of hydrogen-bond acceptors (Lipinski definition) is 3. The topological polar surface area (TPSA) is 57.6 Å². The van der Waals surface area contributed by atoms with Gasteiger partial charge in [0.15, 0.2) is 0 Å². The minimum Gasteiger partial charge on any atom is -0.396 e. The summed E-state index contributed by atoms with van der Waals surface area (Å²) >= 11 is 0. The second-order valence-corrected chi connectivity index (χ2v) is 7.99. The van der Waals surface area contributed by atoms with Gasteiger partial charge in [-0.2, -0.15) is 0 Å². The Morgan fingerprint density at radius 3 is 2.59 bits per heavy atom. The summed E-state index contributed by atoms with van der Waals surface area (Å²) in [6, 6.07) is 0. The highest BCUT2D eigenvalue weighted by Crippen LogP contribution is 2.33. The number of piperidine rings is 1. The van der Waals surface area contributed by atoms with Gasteiger partial charge in [-0.05, 0) is 31.6 Å². The Morgan fingerprint density at radius 1 is 1.35 bits per heavy atom. The molecule has 1 atom stereocenters. The van der Waals surface area contributed by atoms with Gasteiger partial charge >= 0.3 is 0 Å². The maximum atomic E-state index is 12.2. The molecule has 2 fully saturated rings. The third kappa shape index (κ3) is 3.01. The van der Waals surface area contributed by atoms with Gasteiger partial charge in [0.2, 0.25) is 10.0 Å². The first-order valence-corrected chi connectivity index (χ1v) is 8.15. The van der Waals surface area contributed by atoms with E-state index in [1.54, 1.807) is 4.31 Å². The molecule has 0 spiro atoms. The summed E-state index contributed by atoms with van der Waals surface area (Å²) in [6.45, 7) is 3.16. The van der Waals surface area contributed by atoms with Crippen molar-refractivity contribution in [2.75, 3.05) is 25.4 Å². The van der Waals surface area contributed by atoms with Crippen molar-refractivity contribution in [3.63, 3.8) is 0 Å². The highest BCUT2D eigenvalue weighted by molar-refractivity contribution is 7.89. The molecule has 1 saturated heterocycles. The summed E-state index contributed by atoms with van der Waals surface area (Å²) in [6.07, 6.45) is 5.07. The zero-order valence-corrected chi connectivity index (χ0v) is 11.4. The summed E-state index contributed by atoms with van der Waals surface area (Å²) in [5.74, 6) is 0.691. The molecule has 0 aromatic heterocycles. The smallest absolute Gasteiger partial charge is 0.214 e. The van der Waals surface area contributed by atoms with Gasteiger partial charge in [-0.15, -0.1) is 0 Å². The van der Waals surface area contributed by atoms with Gasteiger partial charge in [0, 0.05) is 25.1 Å². The van der Waals surface area contributed by atoms with Gasteiger partial charge in [-0.3, -0.25) is 0 Å². The predicted octanol–water partition coefficient (Wildman–Crippen LogP) is 1.21. The highest BCUT2D eigenvalue weighted by atomic mass is 32.2. The van der Waals surface area contributed by atoms with Gasteiger partial charge in [-0.1, -0.05) is 13.3 Å². The van der Waals surface area contributed by atoms with Gasteiger partial charge in [0.05, 0.1) is 5.75 Å². The average Bonchev–Trinajstić information content (AvgIpc) is 2.24. The van der Waals surface area contributed by atoms with E-state index in [2.05, 4.69) is 0 Å². The zero-order valence-electron chi connectivity index (χ0n) is 10.6. The molecular weight excluding hydrogens is 238 g/mol. The fourth-order valence-electron chi connectivity index (χ4n) is 2.70. The minimum atomic E-state index is -3.10. The second kappa shape index (κ2) is 4.86. The summed E-state index contributed by atoms with van der Waals surface area (Å²) in [4.78, 5) is 0. The van der Waals surface area contributed by atoms with E-state index < -0.39 is 10.0 Å². The molecule has 0 radical (unpaired) electrons. The Kier molecular flexibility index (Phi) is 3.80. The van der Waals surface area contributed by atoms with Gasteiger partial charge in [0.25, 0.3) is 0 Å². The first-order valence-electron chi connectivity index (χ1n) is 6.54. The Morgan fingerprint density at radius 2 is 2.06 bits per heavy atom. The normalized spacial score (nSPS) is 32.4. The van der Waals surface area contributed by atoms with E-state index in [4.69, 9.17) is 0 Å². The van der Waals surface area contributed by atoms with Crippen LogP contribution >= 0.6 is 0 Å². The van der Waals surface area contributed by atoms with Crippen molar-refractivity contribution >= 4 is 10.0 Å². The Hall–Kier alpha value is -0.130. The lowest BCUT2D eigenvalue weighted by Gasteiger charge is -2.39. The number of sulfonamides is 1. The fraction of sp³-hybridized carbons (Fsp3) is 1.00. The molecule has 4 nitrogen and oxygen atoms in total. The van der Waals surface area contributed by atoms with Crippen LogP contribution in [0.15, 0.2) is 0 Å².